The third-order valence-corrected chi connectivity index (χ3v) is 6.18. The van der Waals surface area contributed by atoms with Crippen LogP contribution in [0.2, 0.25) is 0 Å². The summed E-state index contributed by atoms with van der Waals surface area (Å²) in [6, 6.07) is 9.33. The lowest BCUT2D eigenvalue weighted by Gasteiger charge is -2.37. The Morgan fingerprint density at radius 2 is 1.83 bits per heavy atom. The molecule has 188 valence electrons. The average molecular weight is 495 g/mol. The number of fused-ring (bicyclic) bond motifs is 2. The third kappa shape index (κ3) is 4.69. The Morgan fingerprint density at radius 3 is 2.58 bits per heavy atom. The smallest absolute Gasteiger partial charge is 0.274 e. The molecule has 0 amide bonds. The van der Waals surface area contributed by atoms with E-state index in [2.05, 4.69) is 20.2 Å². The molecule has 36 heavy (non-hydrogen) atoms. The molecule has 0 atom stereocenters. The van der Waals surface area contributed by atoms with Crippen LogP contribution >= 0.6 is 0 Å². The molecule has 0 aliphatic carbocycles. The van der Waals surface area contributed by atoms with Crippen LogP contribution in [-0.4, -0.2) is 67.0 Å². The topological polar surface area (TPSA) is 124 Å². The number of rotatable bonds is 8. The highest BCUT2D eigenvalue weighted by molar-refractivity contribution is 5.92. The van der Waals surface area contributed by atoms with Gasteiger partial charge in [-0.1, -0.05) is 6.07 Å². The fourth-order valence-corrected chi connectivity index (χ4v) is 4.36. The average Bonchev–Trinajstić information content (AvgIpc) is 3.38. The van der Waals surface area contributed by atoms with E-state index in [-0.39, 0.29) is 6.79 Å². The van der Waals surface area contributed by atoms with Crippen molar-refractivity contribution in [1.29, 1.82) is 0 Å². The number of piperazine rings is 1. The lowest BCUT2D eigenvalue weighted by atomic mass is 10.2. The van der Waals surface area contributed by atoms with Gasteiger partial charge < -0.3 is 34.1 Å². The molecule has 0 unspecified atom stereocenters. The zero-order chi connectivity index (χ0) is 25.1. The highest BCUT2D eigenvalue weighted by Crippen LogP contribution is 2.35. The van der Waals surface area contributed by atoms with Crippen LogP contribution in [0.4, 0.5) is 5.82 Å². The van der Waals surface area contributed by atoms with Crippen LogP contribution in [0.3, 0.4) is 0 Å². The van der Waals surface area contributed by atoms with E-state index in [1.807, 2.05) is 35.2 Å². The summed E-state index contributed by atoms with van der Waals surface area (Å²) in [5.74, 6) is 3.81. The van der Waals surface area contributed by atoms with Crippen molar-refractivity contribution < 1.29 is 23.9 Å². The van der Waals surface area contributed by atoms with Gasteiger partial charge >= 0.3 is 0 Å². The van der Waals surface area contributed by atoms with Crippen LogP contribution < -0.4 is 29.2 Å². The van der Waals surface area contributed by atoms with Gasteiger partial charge in [-0.3, -0.25) is 10.1 Å². The summed E-state index contributed by atoms with van der Waals surface area (Å²) in [6.07, 6.45) is 2.54. The second kappa shape index (κ2) is 10.0. The van der Waals surface area contributed by atoms with E-state index < -0.39 is 4.92 Å². The van der Waals surface area contributed by atoms with Crippen molar-refractivity contribution in [2.24, 2.45) is 0 Å². The molecule has 0 radical (unpaired) electrons. The maximum Gasteiger partial charge on any atom is 0.274 e. The van der Waals surface area contributed by atoms with Gasteiger partial charge in [0.25, 0.3) is 6.20 Å². The summed E-state index contributed by atoms with van der Waals surface area (Å²) >= 11 is 0. The van der Waals surface area contributed by atoms with Crippen LogP contribution in [0.15, 0.2) is 48.7 Å². The molecular weight excluding hydrogens is 468 g/mol. The van der Waals surface area contributed by atoms with Crippen molar-refractivity contribution >= 4 is 16.7 Å². The molecule has 1 aromatic heterocycles. The fraction of sp³-hybridized carbons (Fsp3) is 0.333. The van der Waals surface area contributed by atoms with Crippen molar-refractivity contribution in [3.63, 3.8) is 0 Å². The summed E-state index contributed by atoms with van der Waals surface area (Å²) in [7, 11) is 3.17. The Hall–Kier alpha value is -4.48. The van der Waals surface area contributed by atoms with Gasteiger partial charge in [0.05, 0.1) is 24.7 Å². The van der Waals surface area contributed by atoms with E-state index in [0.717, 1.165) is 28.5 Å². The number of methoxy groups -OCH3 is 2. The Kier molecular flexibility index (Phi) is 6.48. The molecule has 2 aromatic carbocycles. The molecular formula is C24H26N6O6. The minimum Gasteiger partial charge on any atom is -0.493 e. The highest BCUT2D eigenvalue weighted by atomic mass is 16.7. The van der Waals surface area contributed by atoms with Gasteiger partial charge in [-0.2, -0.15) is 0 Å². The molecule has 0 saturated carbocycles. The van der Waals surface area contributed by atoms with E-state index in [4.69, 9.17) is 18.9 Å². The quantitative estimate of drug-likeness (QED) is 0.366. The van der Waals surface area contributed by atoms with Gasteiger partial charge in [-0.05, 0) is 23.8 Å². The van der Waals surface area contributed by atoms with E-state index in [1.165, 1.54) is 6.33 Å². The highest BCUT2D eigenvalue weighted by Gasteiger charge is 2.24. The van der Waals surface area contributed by atoms with E-state index in [1.54, 1.807) is 14.2 Å². The minimum absolute atomic E-state index is 0.199. The number of anilines is 1. The monoisotopic (exact) mass is 494 g/mol. The molecule has 2 aliphatic heterocycles. The van der Waals surface area contributed by atoms with E-state index in [0.29, 0.717) is 61.5 Å². The Balaban J connectivity index is 1.29. The van der Waals surface area contributed by atoms with Crippen molar-refractivity contribution in [3.8, 4) is 23.0 Å². The zero-order valence-electron chi connectivity index (χ0n) is 20.0. The molecule has 12 nitrogen and oxygen atoms in total. The lowest BCUT2D eigenvalue weighted by molar-refractivity contribution is -0.404. The first-order chi connectivity index (χ1) is 17.6. The minimum atomic E-state index is -0.439. The fourth-order valence-electron chi connectivity index (χ4n) is 4.36. The third-order valence-electron chi connectivity index (χ3n) is 6.18. The number of aromatic nitrogens is 2. The van der Waals surface area contributed by atoms with Crippen LogP contribution in [0.5, 0.6) is 23.0 Å². The summed E-state index contributed by atoms with van der Waals surface area (Å²) in [6.45, 7) is 3.02. The van der Waals surface area contributed by atoms with Gasteiger partial charge in [0.2, 0.25) is 6.79 Å². The first-order valence-electron chi connectivity index (χ1n) is 11.4. The largest absolute Gasteiger partial charge is 0.493 e. The van der Waals surface area contributed by atoms with Crippen LogP contribution in [0.1, 0.15) is 5.56 Å². The van der Waals surface area contributed by atoms with Gasteiger partial charge in [0, 0.05) is 44.2 Å². The van der Waals surface area contributed by atoms with Crippen molar-refractivity contribution in [3.05, 3.63) is 64.4 Å². The number of nitrogens with zero attached hydrogens (tertiary/aromatic N) is 5. The SMILES string of the molecule is COc1cc2ncnc(N3CCN(C(=C[N+](=O)[O-])NCc4ccc5c(c4)OCO5)CC3)c2cc1OC. The molecule has 1 N–H and O–H groups in total. The number of nitro groups is 1. The standard InChI is InChI=1S/C24H26N6O6/c1-33-20-10-17-18(11-21(20)34-2)26-14-27-24(17)29-7-5-28(6-8-29)23(13-30(31)32)25-12-16-3-4-19-22(9-16)36-15-35-19/h3-4,9-11,13-14,25H,5-8,12,15H2,1-2H3. The first-order valence-corrected chi connectivity index (χ1v) is 11.4. The zero-order valence-corrected chi connectivity index (χ0v) is 20.0. The molecule has 3 aromatic rings. The number of hydrogen-bond acceptors (Lipinski definition) is 11. The van der Waals surface area contributed by atoms with E-state index in [9.17, 15) is 10.1 Å². The van der Waals surface area contributed by atoms with Crippen LogP contribution in [-0.2, 0) is 6.54 Å². The summed E-state index contributed by atoms with van der Waals surface area (Å²) in [5.41, 5.74) is 1.68. The second-order valence-corrected chi connectivity index (χ2v) is 8.24. The van der Waals surface area contributed by atoms with Gasteiger partial charge in [0.1, 0.15) is 12.1 Å². The maximum absolute atomic E-state index is 11.3. The molecule has 2 aliphatic rings. The second-order valence-electron chi connectivity index (χ2n) is 8.24. The Morgan fingerprint density at radius 1 is 1.08 bits per heavy atom. The molecule has 3 heterocycles. The van der Waals surface area contributed by atoms with Crippen molar-refractivity contribution in [2.75, 3.05) is 52.1 Å². The molecule has 5 rings (SSSR count). The first kappa shape index (κ1) is 23.3. The van der Waals surface area contributed by atoms with Crippen molar-refractivity contribution in [2.45, 2.75) is 6.54 Å². The number of benzene rings is 2. The van der Waals surface area contributed by atoms with Crippen LogP contribution in [0.25, 0.3) is 10.9 Å². The lowest BCUT2D eigenvalue weighted by Crippen LogP contribution is -2.48. The predicted octanol–water partition coefficient (Wildman–Crippen LogP) is 2.36. The number of nitrogens with one attached hydrogen (secondary N) is 1. The molecule has 12 heteroatoms. The summed E-state index contributed by atoms with van der Waals surface area (Å²) in [4.78, 5) is 23.9. The molecule has 1 fully saturated rings. The normalized spacial score (nSPS) is 15.2. The van der Waals surface area contributed by atoms with Gasteiger partial charge in [-0.15, -0.1) is 0 Å². The van der Waals surface area contributed by atoms with Crippen LogP contribution in [0, 0.1) is 10.1 Å². The summed E-state index contributed by atoms with van der Waals surface area (Å²) in [5, 5.41) is 15.4. The number of ether oxygens (including phenoxy) is 4. The molecule has 0 spiro atoms. The van der Waals surface area contributed by atoms with Gasteiger partial charge in [0.15, 0.2) is 28.8 Å². The van der Waals surface area contributed by atoms with E-state index >= 15 is 0 Å². The van der Waals surface area contributed by atoms with Gasteiger partial charge in [-0.25, -0.2) is 9.97 Å². The Bertz CT molecular complexity index is 1310. The predicted molar refractivity (Wildman–Crippen MR) is 131 cm³/mol. The van der Waals surface area contributed by atoms with Crippen molar-refractivity contribution in [1.82, 2.24) is 20.2 Å². The maximum atomic E-state index is 11.3. The Labute approximate surface area is 207 Å². The molecule has 0 bridgehead atoms. The molecule has 1 saturated heterocycles. The summed E-state index contributed by atoms with van der Waals surface area (Å²) < 4.78 is 21.6. The number of hydrogen-bond donors (Lipinski definition) is 1.